The highest BCUT2D eigenvalue weighted by Crippen LogP contribution is 2.30. The van der Waals surface area contributed by atoms with Gasteiger partial charge in [0, 0.05) is 18.9 Å². The molecule has 0 spiro atoms. The van der Waals surface area contributed by atoms with Crippen molar-refractivity contribution in [3.8, 4) is 0 Å². The summed E-state index contributed by atoms with van der Waals surface area (Å²) in [6.45, 7) is 0.256. The molecule has 0 fully saturated rings. The molecule has 4 nitrogen and oxygen atoms in total. The highest BCUT2D eigenvalue weighted by Gasteiger charge is 2.30. The fourth-order valence-electron chi connectivity index (χ4n) is 1.80. The predicted molar refractivity (Wildman–Crippen MR) is 76.2 cm³/mol. The van der Waals surface area contributed by atoms with Crippen molar-refractivity contribution in [3.05, 3.63) is 59.9 Å². The molecule has 1 N–H and O–H groups in total. The van der Waals surface area contributed by atoms with Gasteiger partial charge in [-0.25, -0.2) is 4.79 Å². The van der Waals surface area contributed by atoms with E-state index in [2.05, 4.69) is 10.3 Å². The molecular formula is C15H14F3N3O. The molecule has 2 aromatic rings. The van der Waals surface area contributed by atoms with Gasteiger partial charge in [-0.15, -0.1) is 0 Å². The van der Waals surface area contributed by atoms with Gasteiger partial charge < -0.3 is 10.2 Å². The minimum Gasteiger partial charge on any atom is -0.322 e. The first-order valence-electron chi connectivity index (χ1n) is 6.45. The van der Waals surface area contributed by atoms with Crippen LogP contribution in [0.4, 0.5) is 23.7 Å². The molecule has 1 aromatic heterocycles. The zero-order chi connectivity index (χ0) is 16.2. The topological polar surface area (TPSA) is 45.2 Å². The second kappa shape index (κ2) is 6.46. The Labute approximate surface area is 125 Å². The molecule has 0 radical (unpaired) electrons. The molecule has 0 aliphatic carbocycles. The summed E-state index contributed by atoms with van der Waals surface area (Å²) >= 11 is 0. The van der Waals surface area contributed by atoms with Gasteiger partial charge in [-0.2, -0.15) is 13.2 Å². The van der Waals surface area contributed by atoms with E-state index in [4.69, 9.17) is 0 Å². The third kappa shape index (κ3) is 4.21. The van der Waals surface area contributed by atoms with Crippen molar-refractivity contribution in [2.45, 2.75) is 12.7 Å². The summed E-state index contributed by atoms with van der Waals surface area (Å²) in [4.78, 5) is 17.4. The molecule has 0 atom stereocenters. The van der Waals surface area contributed by atoms with Crippen LogP contribution >= 0.6 is 0 Å². The van der Waals surface area contributed by atoms with Gasteiger partial charge in [-0.1, -0.05) is 12.1 Å². The second-order valence-corrected chi connectivity index (χ2v) is 4.69. The Hall–Kier alpha value is -2.57. The smallest absolute Gasteiger partial charge is 0.322 e. The summed E-state index contributed by atoms with van der Waals surface area (Å²) < 4.78 is 37.9. The van der Waals surface area contributed by atoms with Gasteiger partial charge in [-0.05, 0) is 30.3 Å². The van der Waals surface area contributed by atoms with Gasteiger partial charge in [0.15, 0.2) is 0 Å². The summed E-state index contributed by atoms with van der Waals surface area (Å²) in [6.07, 6.45) is -2.84. The molecule has 7 heteroatoms. The number of rotatable bonds is 3. The number of amides is 2. The van der Waals surface area contributed by atoms with Crippen LogP contribution in [0.2, 0.25) is 0 Å². The Morgan fingerprint density at radius 3 is 2.64 bits per heavy atom. The average Bonchev–Trinajstić information content (AvgIpc) is 2.47. The van der Waals surface area contributed by atoms with E-state index in [1.54, 1.807) is 24.4 Å². The first kappa shape index (κ1) is 15.8. The molecule has 0 bridgehead atoms. The standard InChI is InChI=1S/C15H14F3N3O/c1-21(10-13-6-2-3-8-19-13)14(22)20-12-7-4-5-11(9-12)15(16,17)18/h2-9H,10H2,1H3,(H,20,22). The van der Waals surface area contributed by atoms with Gasteiger partial charge in [-0.3, -0.25) is 4.98 Å². The Balaban J connectivity index is 2.02. The van der Waals surface area contributed by atoms with Crippen LogP contribution in [-0.2, 0) is 12.7 Å². The van der Waals surface area contributed by atoms with E-state index in [1.807, 2.05) is 0 Å². The fourth-order valence-corrected chi connectivity index (χ4v) is 1.80. The Kier molecular flexibility index (Phi) is 4.65. The maximum atomic E-state index is 12.6. The van der Waals surface area contributed by atoms with Crippen LogP contribution < -0.4 is 5.32 Å². The number of nitrogens with zero attached hydrogens (tertiary/aromatic N) is 2. The van der Waals surface area contributed by atoms with Gasteiger partial charge >= 0.3 is 12.2 Å². The van der Waals surface area contributed by atoms with Crippen LogP contribution in [0.1, 0.15) is 11.3 Å². The van der Waals surface area contributed by atoms with Crippen molar-refractivity contribution in [1.82, 2.24) is 9.88 Å². The third-order valence-electron chi connectivity index (χ3n) is 2.91. The number of aromatic nitrogens is 1. The maximum Gasteiger partial charge on any atom is 0.416 e. The molecule has 2 amide bonds. The van der Waals surface area contributed by atoms with Gasteiger partial charge in [0.1, 0.15) is 0 Å². The number of benzene rings is 1. The van der Waals surface area contributed by atoms with E-state index < -0.39 is 17.8 Å². The molecule has 0 aliphatic heterocycles. The number of carbonyl (C=O) groups excluding carboxylic acids is 1. The van der Waals surface area contributed by atoms with E-state index in [-0.39, 0.29) is 12.2 Å². The molecule has 1 heterocycles. The molecule has 0 unspecified atom stereocenters. The molecule has 1 aromatic carbocycles. The normalized spacial score (nSPS) is 11.1. The van der Waals surface area contributed by atoms with E-state index >= 15 is 0 Å². The van der Waals surface area contributed by atoms with E-state index in [9.17, 15) is 18.0 Å². The van der Waals surface area contributed by atoms with Gasteiger partial charge in [0.2, 0.25) is 0 Å². The van der Waals surface area contributed by atoms with E-state index in [1.165, 1.54) is 24.1 Å². The molecule has 0 aliphatic rings. The lowest BCUT2D eigenvalue weighted by molar-refractivity contribution is -0.137. The number of hydrogen-bond acceptors (Lipinski definition) is 2. The Morgan fingerprint density at radius 1 is 1.23 bits per heavy atom. The number of carbonyl (C=O) groups is 1. The van der Waals surface area contributed by atoms with Crippen molar-refractivity contribution in [3.63, 3.8) is 0 Å². The Morgan fingerprint density at radius 2 is 2.00 bits per heavy atom. The third-order valence-corrected chi connectivity index (χ3v) is 2.91. The van der Waals surface area contributed by atoms with Crippen LogP contribution in [0.25, 0.3) is 0 Å². The van der Waals surface area contributed by atoms with Gasteiger partial charge in [0.25, 0.3) is 0 Å². The molecule has 0 saturated carbocycles. The van der Waals surface area contributed by atoms with Crippen LogP contribution in [-0.4, -0.2) is 23.0 Å². The highest BCUT2D eigenvalue weighted by atomic mass is 19.4. The number of anilines is 1. The summed E-state index contributed by atoms with van der Waals surface area (Å²) in [5, 5.41) is 2.43. The van der Waals surface area contributed by atoms with Crippen LogP contribution in [0.5, 0.6) is 0 Å². The molecule has 0 saturated heterocycles. The van der Waals surface area contributed by atoms with Crippen molar-refractivity contribution >= 4 is 11.7 Å². The van der Waals surface area contributed by atoms with Crippen molar-refractivity contribution in [1.29, 1.82) is 0 Å². The molecule has 22 heavy (non-hydrogen) atoms. The van der Waals surface area contributed by atoms with Crippen LogP contribution in [0.3, 0.4) is 0 Å². The maximum absolute atomic E-state index is 12.6. The highest BCUT2D eigenvalue weighted by molar-refractivity contribution is 5.89. The average molecular weight is 309 g/mol. The van der Waals surface area contributed by atoms with Crippen LogP contribution in [0, 0.1) is 0 Å². The summed E-state index contributed by atoms with van der Waals surface area (Å²) in [5.41, 5.74) is -0.0328. The summed E-state index contributed by atoms with van der Waals surface area (Å²) in [6, 6.07) is 9.30. The van der Waals surface area contributed by atoms with Crippen molar-refractivity contribution < 1.29 is 18.0 Å². The first-order valence-corrected chi connectivity index (χ1v) is 6.45. The van der Waals surface area contributed by atoms with Gasteiger partial charge in [0.05, 0.1) is 17.8 Å². The lowest BCUT2D eigenvalue weighted by Crippen LogP contribution is -2.31. The Bertz CT molecular complexity index is 644. The quantitative estimate of drug-likeness (QED) is 0.938. The predicted octanol–water partition coefficient (Wildman–Crippen LogP) is 3.76. The summed E-state index contributed by atoms with van der Waals surface area (Å²) in [5.74, 6) is 0. The number of nitrogens with one attached hydrogen (secondary N) is 1. The zero-order valence-electron chi connectivity index (χ0n) is 11.8. The number of hydrogen-bond donors (Lipinski definition) is 1. The number of pyridine rings is 1. The molecule has 116 valence electrons. The van der Waals surface area contributed by atoms with Crippen molar-refractivity contribution in [2.24, 2.45) is 0 Å². The molecule has 2 rings (SSSR count). The largest absolute Gasteiger partial charge is 0.416 e. The summed E-state index contributed by atoms with van der Waals surface area (Å²) in [7, 11) is 1.54. The number of urea groups is 1. The molecular weight excluding hydrogens is 295 g/mol. The van der Waals surface area contributed by atoms with E-state index in [0.717, 1.165) is 12.1 Å². The number of alkyl halides is 3. The second-order valence-electron chi connectivity index (χ2n) is 4.69. The minimum absolute atomic E-state index is 0.0905. The minimum atomic E-state index is -4.44. The number of halogens is 3. The van der Waals surface area contributed by atoms with E-state index in [0.29, 0.717) is 5.69 Å². The SMILES string of the molecule is CN(Cc1ccccn1)C(=O)Nc1cccc(C(F)(F)F)c1. The first-order chi connectivity index (χ1) is 10.4. The monoisotopic (exact) mass is 309 g/mol. The van der Waals surface area contributed by atoms with Crippen LogP contribution in [0.15, 0.2) is 48.7 Å². The van der Waals surface area contributed by atoms with Crippen molar-refractivity contribution in [2.75, 3.05) is 12.4 Å². The zero-order valence-corrected chi connectivity index (χ0v) is 11.8. The lowest BCUT2D eigenvalue weighted by Gasteiger charge is -2.18. The lowest BCUT2D eigenvalue weighted by atomic mass is 10.2. The fraction of sp³-hybridized carbons (Fsp3) is 0.200.